The van der Waals surface area contributed by atoms with Crippen LogP contribution in [0.15, 0.2) is 18.3 Å². The molecule has 1 aromatic heterocycles. The molecule has 0 saturated carbocycles. The first-order valence-electron chi connectivity index (χ1n) is 6.11. The Morgan fingerprint density at radius 3 is 3.00 bits per heavy atom. The van der Waals surface area contributed by atoms with Gasteiger partial charge in [0.1, 0.15) is 6.04 Å². The third-order valence-corrected chi connectivity index (χ3v) is 3.22. The lowest BCUT2D eigenvalue weighted by molar-refractivity contribution is -0.142. The van der Waals surface area contributed by atoms with Crippen molar-refractivity contribution in [1.82, 2.24) is 4.98 Å². The smallest absolute Gasteiger partial charge is 0.328 e. The fraction of sp³-hybridized carbons (Fsp3) is 0.538. The fourth-order valence-electron chi connectivity index (χ4n) is 2.32. The molecular weight excluding hydrogens is 232 g/mol. The molecule has 1 atom stereocenters. The average Bonchev–Trinajstić information content (AvgIpc) is 2.46. The number of carbonyl (C=O) groups is 1. The van der Waals surface area contributed by atoms with Crippen LogP contribution in [0.2, 0.25) is 0 Å². The summed E-state index contributed by atoms with van der Waals surface area (Å²) < 4.78 is 10.2. The predicted octanol–water partition coefficient (Wildman–Crippen LogP) is 1.62. The topological polar surface area (TPSA) is 51.7 Å². The maximum Gasteiger partial charge on any atom is 0.328 e. The first-order chi connectivity index (χ1) is 8.77. The molecule has 0 aliphatic carbocycles. The monoisotopic (exact) mass is 250 g/mol. The number of anilines is 1. The van der Waals surface area contributed by atoms with Crippen LogP contribution < -0.4 is 9.64 Å². The summed E-state index contributed by atoms with van der Waals surface area (Å²) >= 11 is 0. The van der Waals surface area contributed by atoms with Gasteiger partial charge in [-0.05, 0) is 31.4 Å². The minimum Gasteiger partial charge on any atom is -0.493 e. The summed E-state index contributed by atoms with van der Waals surface area (Å²) in [6.45, 7) is 0.799. The number of hydrogen-bond acceptors (Lipinski definition) is 5. The minimum absolute atomic E-state index is 0.206. The lowest BCUT2D eigenvalue weighted by Gasteiger charge is -2.35. The summed E-state index contributed by atoms with van der Waals surface area (Å²) in [6.07, 6.45) is 4.59. The molecule has 0 amide bonds. The third-order valence-electron chi connectivity index (χ3n) is 3.22. The number of rotatable bonds is 3. The number of aromatic nitrogens is 1. The molecular formula is C13H18N2O3. The molecule has 0 radical (unpaired) electrons. The van der Waals surface area contributed by atoms with E-state index in [0.717, 1.165) is 31.6 Å². The molecule has 1 saturated heterocycles. The Labute approximate surface area is 107 Å². The van der Waals surface area contributed by atoms with Crippen molar-refractivity contribution >= 4 is 11.8 Å². The predicted molar refractivity (Wildman–Crippen MR) is 67.8 cm³/mol. The maximum atomic E-state index is 11.8. The summed E-state index contributed by atoms with van der Waals surface area (Å²) in [4.78, 5) is 18.1. The molecule has 1 aromatic rings. The summed E-state index contributed by atoms with van der Waals surface area (Å²) in [6, 6.07) is 3.41. The van der Waals surface area contributed by atoms with Crippen LogP contribution in [0.1, 0.15) is 19.3 Å². The van der Waals surface area contributed by atoms with Gasteiger partial charge in [-0.2, -0.15) is 0 Å². The van der Waals surface area contributed by atoms with Crippen LogP contribution >= 0.6 is 0 Å². The van der Waals surface area contributed by atoms with Gasteiger partial charge in [0, 0.05) is 12.7 Å². The Kier molecular flexibility index (Phi) is 4.02. The molecule has 0 aromatic carbocycles. The van der Waals surface area contributed by atoms with E-state index in [-0.39, 0.29) is 12.0 Å². The van der Waals surface area contributed by atoms with Crippen LogP contribution in [0.4, 0.5) is 5.82 Å². The number of ether oxygens (including phenoxy) is 2. The summed E-state index contributed by atoms with van der Waals surface area (Å²) in [5.74, 6) is 1.20. The van der Waals surface area contributed by atoms with Crippen molar-refractivity contribution in [2.75, 3.05) is 25.7 Å². The second-order valence-corrected chi connectivity index (χ2v) is 4.26. The molecule has 18 heavy (non-hydrogen) atoms. The summed E-state index contributed by atoms with van der Waals surface area (Å²) in [7, 11) is 3.03. The fourth-order valence-corrected chi connectivity index (χ4v) is 2.32. The minimum atomic E-state index is -0.257. The van der Waals surface area contributed by atoms with Gasteiger partial charge >= 0.3 is 5.97 Å². The van der Waals surface area contributed by atoms with Crippen LogP contribution in [0, 0.1) is 0 Å². The lowest BCUT2D eigenvalue weighted by atomic mass is 10.0. The van der Waals surface area contributed by atoms with E-state index in [0.29, 0.717) is 5.75 Å². The second-order valence-electron chi connectivity index (χ2n) is 4.26. The Morgan fingerprint density at radius 1 is 1.44 bits per heavy atom. The highest BCUT2D eigenvalue weighted by molar-refractivity contribution is 5.80. The maximum absolute atomic E-state index is 11.8. The van der Waals surface area contributed by atoms with Crippen molar-refractivity contribution in [2.45, 2.75) is 25.3 Å². The van der Waals surface area contributed by atoms with E-state index in [2.05, 4.69) is 4.98 Å². The normalized spacial score (nSPS) is 19.4. The Hall–Kier alpha value is -1.78. The number of methoxy groups -OCH3 is 2. The Morgan fingerprint density at radius 2 is 2.28 bits per heavy atom. The van der Waals surface area contributed by atoms with E-state index >= 15 is 0 Å². The van der Waals surface area contributed by atoms with Gasteiger partial charge in [-0.25, -0.2) is 9.78 Å². The number of esters is 1. The molecule has 5 heteroatoms. The number of nitrogens with zero attached hydrogens (tertiary/aromatic N) is 2. The highest BCUT2D eigenvalue weighted by Gasteiger charge is 2.31. The van der Waals surface area contributed by atoms with Gasteiger partial charge in [-0.1, -0.05) is 0 Å². The van der Waals surface area contributed by atoms with Crippen LogP contribution in [-0.4, -0.2) is 37.8 Å². The van der Waals surface area contributed by atoms with Crippen LogP contribution in [0.25, 0.3) is 0 Å². The second kappa shape index (κ2) is 5.71. The van der Waals surface area contributed by atoms with Crippen LogP contribution in [0.3, 0.4) is 0 Å². The van der Waals surface area contributed by atoms with Crippen molar-refractivity contribution in [3.8, 4) is 5.75 Å². The van der Waals surface area contributed by atoms with Crippen molar-refractivity contribution in [3.63, 3.8) is 0 Å². The van der Waals surface area contributed by atoms with E-state index < -0.39 is 0 Å². The zero-order valence-electron chi connectivity index (χ0n) is 10.8. The lowest BCUT2D eigenvalue weighted by Crippen LogP contribution is -2.45. The molecule has 0 bridgehead atoms. The van der Waals surface area contributed by atoms with Gasteiger partial charge in [0.05, 0.1) is 14.2 Å². The Balaban J connectivity index is 2.30. The zero-order chi connectivity index (χ0) is 13.0. The van der Waals surface area contributed by atoms with E-state index in [4.69, 9.17) is 9.47 Å². The highest BCUT2D eigenvalue weighted by atomic mass is 16.5. The quantitative estimate of drug-likeness (QED) is 0.763. The number of pyridine rings is 1. The summed E-state index contributed by atoms with van der Waals surface area (Å²) in [5, 5.41) is 0. The first-order valence-corrected chi connectivity index (χ1v) is 6.11. The zero-order valence-corrected chi connectivity index (χ0v) is 10.8. The molecule has 1 fully saturated rings. The van der Waals surface area contributed by atoms with Gasteiger partial charge < -0.3 is 14.4 Å². The van der Waals surface area contributed by atoms with Crippen molar-refractivity contribution in [1.29, 1.82) is 0 Å². The molecule has 98 valence electrons. The molecule has 2 rings (SSSR count). The van der Waals surface area contributed by atoms with Gasteiger partial charge in [-0.3, -0.25) is 0 Å². The van der Waals surface area contributed by atoms with Gasteiger partial charge in [-0.15, -0.1) is 0 Å². The van der Waals surface area contributed by atoms with Crippen LogP contribution in [-0.2, 0) is 9.53 Å². The van der Waals surface area contributed by atoms with E-state index in [1.54, 1.807) is 13.3 Å². The molecule has 1 aliphatic heterocycles. The number of hydrogen-bond donors (Lipinski definition) is 0. The first kappa shape index (κ1) is 12.7. The Bertz CT molecular complexity index is 422. The highest BCUT2D eigenvalue weighted by Crippen LogP contribution is 2.30. The number of carbonyl (C=O) groups excluding carboxylic acids is 1. The average molecular weight is 250 g/mol. The van der Waals surface area contributed by atoms with Crippen LogP contribution in [0.5, 0.6) is 5.75 Å². The standard InChI is InChI=1S/C13H18N2O3/c1-17-11-7-5-8-14-12(11)15-9-4-3-6-10(15)13(16)18-2/h5,7-8,10H,3-4,6,9H2,1-2H3. The van der Waals surface area contributed by atoms with E-state index in [1.807, 2.05) is 17.0 Å². The molecule has 1 aliphatic rings. The van der Waals surface area contributed by atoms with Gasteiger partial charge in [0.25, 0.3) is 0 Å². The third kappa shape index (κ3) is 2.39. The van der Waals surface area contributed by atoms with Crippen molar-refractivity contribution in [2.24, 2.45) is 0 Å². The van der Waals surface area contributed by atoms with Crippen molar-refractivity contribution in [3.05, 3.63) is 18.3 Å². The van der Waals surface area contributed by atoms with Gasteiger partial charge in [0.2, 0.25) is 0 Å². The molecule has 5 nitrogen and oxygen atoms in total. The van der Waals surface area contributed by atoms with E-state index in [9.17, 15) is 4.79 Å². The molecule has 2 heterocycles. The number of piperidine rings is 1. The molecule has 0 spiro atoms. The molecule has 0 N–H and O–H groups in total. The van der Waals surface area contributed by atoms with Gasteiger partial charge in [0.15, 0.2) is 11.6 Å². The van der Waals surface area contributed by atoms with E-state index in [1.165, 1.54) is 7.11 Å². The largest absolute Gasteiger partial charge is 0.493 e. The molecule has 1 unspecified atom stereocenters. The SMILES string of the molecule is COC(=O)C1CCCCN1c1ncccc1OC. The van der Waals surface area contributed by atoms with Crippen molar-refractivity contribution < 1.29 is 14.3 Å². The summed E-state index contributed by atoms with van der Waals surface area (Å²) in [5.41, 5.74) is 0.